The minimum atomic E-state index is -6.36. The van der Waals surface area contributed by atoms with E-state index in [0.29, 0.717) is 0 Å². The van der Waals surface area contributed by atoms with Crippen molar-refractivity contribution >= 4 is 68.4 Å². The normalized spacial score (nSPS) is 14.4. The van der Waals surface area contributed by atoms with Gasteiger partial charge in [0.1, 0.15) is 0 Å². The number of hydrogen-bond donors (Lipinski definition) is 1. The number of rotatable bonds is 5. The van der Waals surface area contributed by atoms with Gasteiger partial charge in [-0.15, -0.1) is 8.78 Å². The van der Waals surface area contributed by atoms with Gasteiger partial charge in [0.15, 0.2) is 17.3 Å². The smallest absolute Gasteiger partial charge is 0.395 e. The summed E-state index contributed by atoms with van der Waals surface area (Å²) in [5.41, 5.74) is -9.20. The van der Waals surface area contributed by atoms with Crippen LogP contribution >= 0.6 is 45.2 Å². The highest BCUT2D eigenvalue weighted by Gasteiger charge is 2.73. The van der Waals surface area contributed by atoms with Gasteiger partial charge in [-0.25, -0.2) is 8.78 Å². The Kier molecular flexibility index (Phi) is 8.52. The third-order valence-corrected chi connectivity index (χ3v) is 7.70. The van der Waals surface area contributed by atoms with Crippen molar-refractivity contribution in [3.05, 3.63) is 78.2 Å². The Morgan fingerprint density at radius 1 is 0.860 bits per heavy atom. The van der Waals surface area contributed by atoms with E-state index >= 15 is 4.39 Å². The van der Waals surface area contributed by atoms with Gasteiger partial charge in [-0.3, -0.25) is 9.59 Å². The summed E-state index contributed by atoms with van der Waals surface area (Å²) in [5.74, 6) is -4.19. The predicted octanol–water partition coefficient (Wildman–Crippen LogP) is 8.17. The highest BCUT2D eigenvalue weighted by atomic mass is 127. The first-order valence-corrected chi connectivity index (χ1v) is 13.4. The molecule has 0 saturated carbocycles. The lowest BCUT2D eigenvalue weighted by molar-refractivity contribution is -0.348. The number of nitrogens with zero attached hydrogens (tertiary/aromatic N) is 1. The second-order valence-electron chi connectivity index (χ2n) is 8.75. The van der Waals surface area contributed by atoms with Crippen LogP contribution in [0.1, 0.15) is 26.3 Å². The van der Waals surface area contributed by atoms with Crippen LogP contribution in [0.4, 0.5) is 55.3 Å². The van der Waals surface area contributed by atoms with E-state index < -0.39 is 71.7 Å². The van der Waals surface area contributed by atoms with Crippen molar-refractivity contribution < 1.29 is 63.0 Å². The van der Waals surface area contributed by atoms with Crippen molar-refractivity contribution in [1.29, 1.82) is 0 Å². The minimum absolute atomic E-state index is 0.220. The molecule has 0 bridgehead atoms. The van der Waals surface area contributed by atoms with Crippen LogP contribution in [-0.2, 0) is 5.67 Å². The van der Waals surface area contributed by atoms with Gasteiger partial charge in [-0.1, -0.05) is 6.07 Å². The summed E-state index contributed by atoms with van der Waals surface area (Å²) < 4.78 is 144. The summed E-state index contributed by atoms with van der Waals surface area (Å²) in [7, 11) is 1.11. The van der Waals surface area contributed by atoms with Gasteiger partial charge in [0.2, 0.25) is 0 Å². The quantitative estimate of drug-likeness (QED) is 0.208. The summed E-state index contributed by atoms with van der Waals surface area (Å²) in [4.78, 5) is 26.7. The van der Waals surface area contributed by atoms with Gasteiger partial charge in [-0.05, 0) is 87.6 Å². The van der Waals surface area contributed by atoms with Crippen molar-refractivity contribution in [3.8, 4) is 11.5 Å². The highest BCUT2D eigenvalue weighted by molar-refractivity contribution is 14.1. The van der Waals surface area contributed by atoms with Crippen LogP contribution in [0, 0.1) is 13.0 Å². The molecule has 43 heavy (non-hydrogen) atoms. The number of carbonyl (C=O) groups excluding carboxylic acids is 2. The van der Waals surface area contributed by atoms with E-state index in [4.69, 9.17) is 0 Å². The van der Waals surface area contributed by atoms with Gasteiger partial charge in [0, 0.05) is 25.3 Å². The van der Waals surface area contributed by atoms with Crippen molar-refractivity contribution in [2.45, 2.75) is 24.3 Å². The number of alkyl halides is 9. The van der Waals surface area contributed by atoms with Crippen LogP contribution in [0.25, 0.3) is 0 Å². The SMILES string of the molecule is CN(C(=O)c1ccc2c(c1)OC(F)(F)O2)c1cccc(C(=O)Nc2c(I)cc(C(F)(C(F)(F)F)C(F)(F)F)cc2I)c1F. The van der Waals surface area contributed by atoms with E-state index in [0.717, 1.165) is 42.3 Å². The minimum Gasteiger partial charge on any atom is -0.395 e. The number of carbonyl (C=O) groups is 2. The van der Waals surface area contributed by atoms with Crippen LogP contribution in [-0.4, -0.2) is 37.5 Å². The average Bonchev–Trinajstić information content (AvgIpc) is 3.20. The molecular formula is C25H12F10I2N2O4. The maximum atomic E-state index is 15.5. The number of fused-ring (bicyclic) bond motifs is 1. The van der Waals surface area contributed by atoms with Gasteiger partial charge in [0.05, 0.1) is 16.9 Å². The largest absolute Gasteiger partial charge is 0.586 e. The Bertz CT molecular complexity index is 1590. The number of nitrogens with one attached hydrogen (secondary N) is 1. The molecule has 3 aromatic carbocycles. The van der Waals surface area contributed by atoms with E-state index in [-0.39, 0.29) is 29.1 Å². The summed E-state index contributed by atoms with van der Waals surface area (Å²) in [6.07, 6.45) is -16.7. The molecule has 0 saturated heterocycles. The first-order valence-electron chi connectivity index (χ1n) is 11.3. The monoisotopic (exact) mass is 848 g/mol. The fourth-order valence-corrected chi connectivity index (χ4v) is 5.94. The van der Waals surface area contributed by atoms with Crippen LogP contribution in [0.2, 0.25) is 0 Å². The molecule has 1 heterocycles. The second kappa shape index (κ2) is 11.1. The molecular weight excluding hydrogens is 836 g/mol. The lowest BCUT2D eigenvalue weighted by atomic mass is 9.94. The number of ether oxygens (including phenoxy) is 2. The van der Waals surface area contributed by atoms with Gasteiger partial charge < -0.3 is 19.7 Å². The van der Waals surface area contributed by atoms with Crippen molar-refractivity contribution in [1.82, 2.24) is 0 Å². The standard InChI is InChI=1S/C25H12F10I2N2O4/c1-39(21(41)10-5-6-16-17(7-10)43-25(34,35)42-16)15-4-2-3-12(18(15)26)20(40)38-19-13(36)8-11(9-14(19)37)22(27,23(28,29)30)24(31,32)33/h2-9H,1H3,(H,38,40). The fraction of sp³-hybridized carbons (Fsp3) is 0.200. The molecule has 2 amide bonds. The first-order chi connectivity index (χ1) is 19.7. The molecule has 0 aliphatic carbocycles. The maximum absolute atomic E-state index is 15.5. The van der Waals surface area contributed by atoms with E-state index in [9.17, 15) is 49.1 Å². The van der Waals surface area contributed by atoms with Gasteiger partial charge in [0.25, 0.3) is 11.8 Å². The Morgan fingerprint density at radius 2 is 1.42 bits per heavy atom. The summed E-state index contributed by atoms with van der Waals surface area (Å²) in [6.45, 7) is 0. The molecule has 18 heteroatoms. The number of hydrogen-bond acceptors (Lipinski definition) is 4. The van der Waals surface area contributed by atoms with Gasteiger partial charge in [-0.2, -0.15) is 26.3 Å². The molecule has 0 atom stereocenters. The van der Waals surface area contributed by atoms with E-state index in [1.54, 1.807) is 0 Å². The topological polar surface area (TPSA) is 67.9 Å². The maximum Gasteiger partial charge on any atom is 0.586 e. The van der Waals surface area contributed by atoms with Crippen molar-refractivity contribution in [3.63, 3.8) is 0 Å². The zero-order valence-corrected chi connectivity index (χ0v) is 25.0. The Morgan fingerprint density at radius 3 is 1.98 bits per heavy atom. The Labute approximate surface area is 261 Å². The second-order valence-corrected chi connectivity index (χ2v) is 11.1. The zero-order chi connectivity index (χ0) is 32.3. The van der Waals surface area contributed by atoms with E-state index in [1.165, 1.54) is 51.2 Å². The zero-order valence-electron chi connectivity index (χ0n) is 20.7. The van der Waals surface area contributed by atoms with Crippen LogP contribution in [0.3, 0.4) is 0 Å². The molecule has 4 rings (SSSR count). The Balaban J connectivity index is 1.62. The number of anilines is 2. The van der Waals surface area contributed by atoms with Crippen LogP contribution in [0.15, 0.2) is 48.5 Å². The average molecular weight is 848 g/mol. The Hall–Kier alpha value is -3.04. The molecule has 0 fully saturated rings. The third-order valence-electron chi connectivity index (χ3n) is 6.00. The highest BCUT2D eigenvalue weighted by Crippen LogP contribution is 2.54. The lowest BCUT2D eigenvalue weighted by Gasteiger charge is -2.31. The molecule has 1 aliphatic rings. The van der Waals surface area contributed by atoms with Crippen LogP contribution in [0.5, 0.6) is 11.5 Å². The van der Waals surface area contributed by atoms with Gasteiger partial charge >= 0.3 is 24.3 Å². The van der Waals surface area contributed by atoms with Crippen molar-refractivity contribution in [2.75, 3.05) is 17.3 Å². The summed E-state index contributed by atoms with van der Waals surface area (Å²) in [6, 6.07) is 6.81. The predicted molar refractivity (Wildman–Crippen MR) is 147 cm³/mol. The fourth-order valence-electron chi connectivity index (χ4n) is 3.90. The molecule has 0 unspecified atom stereocenters. The molecule has 0 radical (unpaired) electrons. The molecule has 230 valence electrons. The molecule has 0 aromatic heterocycles. The summed E-state index contributed by atoms with van der Waals surface area (Å²) in [5, 5.41) is 2.17. The number of halogens is 12. The van der Waals surface area contributed by atoms with Crippen molar-refractivity contribution in [2.24, 2.45) is 0 Å². The molecule has 0 spiro atoms. The van der Waals surface area contributed by atoms with E-state index in [1.807, 2.05) is 0 Å². The lowest BCUT2D eigenvalue weighted by Crippen LogP contribution is -2.50. The number of benzene rings is 3. The molecule has 1 aliphatic heterocycles. The van der Waals surface area contributed by atoms with Crippen LogP contribution < -0.4 is 19.7 Å². The summed E-state index contributed by atoms with van der Waals surface area (Å²) >= 11 is 2.57. The third kappa shape index (κ3) is 6.03. The molecule has 1 N–H and O–H groups in total. The molecule has 3 aromatic rings. The molecule has 6 nitrogen and oxygen atoms in total. The number of amides is 2. The first kappa shape index (κ1) is 32.9. The van der Waals surface area contributed by atoms with E-state index in [2.05, 4.69) is 14.8 Å².